The molecule has 0 saturated carbocycles. The third kappa shape index (κ3) is 5.00. The van der Waals surface area contributed by atoms with Crippen LogP contribution in [0.4, 0.5) is 4.79 Å². The van der Waals surface area contributed by atoms with Crippen molar-refractivity contribution in [3.05, 3.63) is 23.8 Å². The smallest absolute Gasteiger partial charge is 0.327 e. The van der Waals surface area contributed by atoms with Crippen molar-refractivity contribution in [3.8, 4) is 11.5 Å². The first-order valence-corrected chi connectivity index (χ1v) is 9.47. The van der Waals surface area contributed by atoms with Gasteiger partial charge in [0, 0.05) is 6.54 Å². The zero-order valence-electron chi connectivity index (χ0n) is 17.7. The maximum atomic E-state index is 12.3. The molecule has 2 atom stereocenters. The normalized spacial score (nSPS) is 19.2. The molecule has 1 heterocycles. The number of nitrogens with zero attached hydrogens (tertiary/aromatic N) is 1. The SMILES string of the molecule is CC[C@@]1(C)NC(=O)N(CC(=O)O[C@@H](C)C(=O)NCc2ccc(OC)c(OC)c2)C1=O. The number of rotatable bonds is 9. The largest absolute Gasteiger partial charge is 0.493 e. The highest BCUT2D eigenvalue weighted by molar-refractivity contribution is 6.08. The number of ether oxygens (including phenoxy) is 3. The van der Waals surface area contributed by atoms with Crippen molar-refractivity contribution in [3.63, 3.8) is 0 Å². The molecule has 0 aromatic heterocycles. The Kier molecular flexibility index (Phi) is 7.25. The highest BCUT2D eigenvalue weighted by Gasteiger charge is 2.47. The molecule has 1 aliphatic heterocycles. The molecular weight excluding hydrogens is 394 g/mol. The third-order valence-corrected chi connectivity index (χ3v) is 4.93. The van der Waals surface area contributed by atoms with Gasteiger partial charge in [0.1, 0.15) is 12.1 Å². The standard InChI is InChI=1S/C20H27N3O7/c1-6-20(3)18(26)23(19(27)22-20)11-16(24)30-12(2)17(25)21-10-13-7-8-14(28-4)15(9-13)29-5/h7-9,12H,6,10-11H2,1-5H3,(H,21,25)(H,22,27)/t12-,20+/m0/s1. The highest BCUT2D eigenvalue weighted by atomic mass is 16.5. The Bertz CT molecular complexity index is 842. The summed E-state index contributed by atoms with van der Waals surface area (Å²) in [6.07, 6.45) is -0.714. The van der Waals surface area contributed by atoms with Gasteiger partial charge < -0.3 is 24.8 Å². The Hall–Kier alpha value is -3.30. The van der Waals surface area contributed by atoms with Gasteiger partial charge in [-0.1, -0.05) is 13.0 Å². The van der Waals surface area contributed by atoms with Crippen LogP contribution in [0.5, 0.6) is 11.5 Å². The maximum Gasteiger partial charge on any atom is 0.327 e. The molecule has 164 valence electrons. The van der Waals surface area contributed by atoms with Gasteiger partial charge in [0.25, 0.3) is 11.8 Å². The van der Waals surface area contributed by atoms with Crippen molar-refractivity contribution in [1.82, 2.24) is 15.5 Å². The predicted molar refractivity (Wildman–Crippen MR) is 106 cm³/mol. The number of methoxy groups -OCH3 is 2. The van der Waals surface area contributed by atoms with Crippen LogP contribution in [-0.4, -0.2) is 61.1 Å². The summed E-state index contributed by atoms with van der Waals surface area (Å²) in [5.41, 5.74) is -0.280. The van der Waals surface area contributed by atoms with Gasteiger partial charge in [-0.15, -0.1) is 0 Å². The molecule has 1 saturated heterocycles. The molecule has 2 N–H and O–H groups in total. The van der Waals surface area contributed by atoms with Crippen LogP contribution < -0.4 is 20.1 Å². The molecule has 1 aliphatic rings. The summed E-state index contributed by atoms with van der Waals surface area (Å²) >= 11 is 0. The fraction of sp³-hybridized carbons (Fsp3) is 0.500. The lowest BCUT2D eigenvalue weighted by molar-refractivity contribution is -0.156. The van der Waals surface area contributed by atoms with Crippen LogP contribution in [-0.2, 0) is 25.7 Å². The molecule has 0 aliphatic carbocycles. The summed E-state index contributed by atoms with van der Waals surface area (Å²) in [7, 11) is 3.04. The van der Waals surface area contributed by atoms with Crippen molar-refractivity contribution in [1.29, 1.82) is 0 Å². The van der Waals surface area contributed by atoms with Gasteiger partial charge in [-0.05, 0) is 38.0 Å². The fourth-order valence-electron chi connectivity index (χ4n) is 2.87. The number of benzene rings is 1. The number of nitrogens with one attached hydrogen (secondary N) is 2. The zero-order chi connectivity index (χ0) is 22.5. The minimum Gasteiger partial charge on any atom is -0.493 e. The zero-order valence-corrected chi connectivity index (χ0v) is 17.7. The quantitative estimate of drug-likeness (QED) is 0.450. The third-order valence-electron chi connectivity index (χ3n) is 4.93. The summed E-state index contributed by atoms with van der Waals surface area (Å²) in [6, 6.07) is 4.54. The Labute approximate surface area is 174 Å². The number of carbonyl (C=O) groups is 4. The van der Waals surface area contributed by atoms with E-state index >= 15 is 0 Å². The van der Waals surface area contributed by atoms with E-state index in [0.717, 1.165) is 10.5 Å². The van der Waals surface area contributed by atoms with Crippen molar-refractivity contribution in [2.75, 3.05) is 20.8 Å². The molecule has 1 aromatic carbocycles. The molecule has 2 rings (SSSR count). The average Bonchev–Trinajstić information content (AvgIpc) is 2.94. The van der Waals surface area contributed by atoms with Crippen LogP contribution in [0.3, 0.4) is 0 Å². The Morgan fingerprint density at radius 3 is 2.43 bits per heavy atom. The molecule has 1 fully saturated rings. The van der Waals surface area contributed by atoms with E-state index in [-0.39, 0.29) is 6.54 Å². The Balaban J connectivity index is 1.88. The van der Waals surface area contributed by atoms with Gasteiger partial charge in [0.2, 0.25) is 0 Å². The van der Waals surface area contributed by atoms with Gasteiger partial charge in [-0.25, -0.2) is 4.79 Å². The van der Waals surface area contributed by atoms with Crippen molar-refractivity contribution in [2.45, 2.75) is 45.4 Å². The number of hydrogen-bond acceptors (Lipinski definition) is 7. The van der Waals surface area contributed by atoms with E-state index < -0.39 is 42.0 Å². The maximum absolute atomic E-state index is 12.3. The molecule has 0 bridgehead atoms. The van der Waals surface area contributed by atoms with E-state index in [9.17, 15) is 19.2 Å². The van der Waals surface area contributed by atoms with Crippen LogP contribution in [0.15, 0.2) is 18.2 Å². The molecule has 10 heteroatoms. The average molecular weight is 421 g/mol. The first-order valence-electron chi connectivity index (χ1n) is 9.47. The number of hydrogen-bond donors (Lipinski definition) is 2. The summed E-state index contributed by atoms with van der Waals surface area (Å²) in [5.74, 6) is -0.787. The second-order valence-electron chi connectivity index (χ2n) is 7.05. The lowest BCUT2D eigenvalue weighted by Crippen LogP contribution is -2.44. The van der Waals surface area contributed by atoms with Gasteiger partial charge in [0.05, 0.1) is 14.2 Å². The van der Waals surface area contributed by atoms with E-state index in [1.165, 1.54) is 21.1 Å². The number of urea groups is 1. The molecule has 30 heavy (non-hydrogen) atoms. The van der Waals surface area contributed by atoms with E-state index in [0.29, 0.717) is 17.9 Å². The molecule has 0 radical (unpaired) electrons. The van der Waals surface area contributed by atoms with E-state index in [1.807, 2.05) is 0 Å². The van der Waals surface area contributed by atoms with Gasteiger partial charge in [-0.2, -0.15) is 0 Å². The van der Waals surface area contributed by atoms with Crippen LogP contribution in [0.25, 0.3) is 0 Å². The summed E-state index contributed by atoms with van der Waals surface area (Å²) in [5, 5.41) is 5.20. The predicted octanol–water partition coefficient (Wildman–Crippen LogP) is 0.972. The lowest BCUT2D eigenvalue weighted by atomic mass is 9.99. The van der Waals surface area contributed by atoms with E-state index in [1.54, 1.807) is 32.0 Å². The fourth-order valence-corrected chi connectivity index (χ4v) is 2.87. The van der Waals surface area contributed by atoms with E-state index in [4.69, 9.17) is 14.2 Å². The minimum atomic E-state index is -1.10. The molecule has 1 aromatic rings. The number of imide groups is 1. The van der Waals surface area contributed by atoms with Gasteiger partial charge in [0.15, 0.2) is 17.6 Å². The van der Waals surface area contributed by atoms with Crippen LogP contribution in [0.2, 0.25) is 0 Å². The number of carbonyl (C=O) groups excluding carboxylic acids is 4. The van der Waals surface area contributed by atoms with Gasteiger partial charge >= 0.3 is 12.0 Å². The number of amides is 4. The topological polar surface area (TPSA) is 123 Å². The lowest BCUT2D eigenvalue weighted by Gasteiger charge is -2.19. The van der Waals surface area contributed by atoms with Gasteiger partial charge in [-0.3, -0.25) is 19.3 Å². The van der Waals surface area contributed by atoms with E-state index in [2.05, 4.69) is 10.6 Å². The number of esters is 1. The summed E-state index contributed by atoms with van der Waals surface area (Å²) in [4.78, 5) is 49.4. The van der Waals surface area contributed by atoms with Crippen molar-refractivity contribution >= 4 is 23.8 Å². The summed E-state index contributed by atoms with van der Waals surface area (Å²) in [6.45, 7) is 4.37. The summed E-state index contributed by atoms with van der Waals surface area (Å²) < 4.78 is 15.5. The van der Waals surface area contributed by atoms with Crippen LogP contribution in [0, 0.1) is 0 Å². The van der Waals surface area contributed by atoms with Crippen LogP contribution >= 0.6 is 0 Å². The monoisotopic (exact) mass is 421 g/mol. The molecule has 4 amide bonds. The molecule has 10 nitrogen and oxygen atoms in total. The Morgan fingerprint density at radius 2 is 1.87 bits per heavy atom. The molecule has 0 spiro atoms. The van der Waals surface area contributed by atoms with Crippen molar-refractivity contribution < 1.29 is 33.4 Å². The van der Waals surface area contributed by atoms with Crippen molar-refractivity contribution in [2.24, 2.45) is 0 Å². The highest BCUT2D eigenvalue weighted by Crippen LogP contribution is 2.27. The molecular formula is C20H27N3O7. The van der Waals surface area contributed by atoms with Crippen LogP contribution in [0.1, 0.15) is 32.8 Å². The Morgan fingerprint density at radius 1 is 1.20 bits per heavy atom. The second kappa shape index (κ2) is 9.47. The first-order chi connectivity index (χ1) is 14.1. The minimum absolute atomic E-state index is 0.183. The first kappa shape index (κ1) is 23.0. The molecule has 0 unspecified atom stereocenters. The second-order valence-corrected chi connectivity index (χ2v) is 7.05.